The molecule has 1 N–H and O–H groups in total. The lowest BCUT2D eigenvalue weighted by atomic mass is 10.1. The molecule has 0 radical (unpaired) electrons. The van der Waals surface area contributed by atoms with Crippen LogP contribution in [0.3, 0.4) is 0 Å². The van der Waals surface area contributed by atoms with E-state index in [0.717, 1.165) is 17.9 Å². The van der Waals surface area contributed by atoms with Gasteiger partial charge >= 0.3 is 0 Å². The highest BCUT2D eigenvalue weighted by Crippen LogP contribution is 2.19. The predicted octanol–water partition coefficient (Wildman–Crippen LogP) is 2.56. The largest absolute Gasteiger partial charge is 0.481 e. The standard InChI is InChI=1S/C14H20N4O/c1-10(2)14-11(9-18(3)17-14)7-15-12-5-6-13(19-4)16-8-12/h5-6,8-10,15H,7H2,1-4H3. The number of aryl methyl sites for hydroxylation is 1. The van der Waals surface area contributed by atoms with Gasteiger partial charge in [-0.1, -0.05) is 13.8 Å². The first kappa shape index (κ1) is 13.4. The average Bonchev–Trinajstić information content (AvgIpc) is 2.78. The summed E-state index contributed by atoms with van der Waals surface area (Å²) in [4.78, 5) is 4.17. The molecule has 19 heavy (non-hydrogen) atoms. The van der Waals surface area contributed by atoms with E-state index in [9.17, 15) is 0 Å². The van der Waals surface area contributed by atoms with Crippen LogP contribution in [-0.4, -0.2) is 21.9 Å². The maximum Gasteiger partial charge on any atom is 0.213 e. The summed E-state index contributed by atoms with van der Waals surface area (Å²) in [5.41, 5.74) is 3.32. The van der Waals surface area contributed by atoms with E-state index in [2.05, 4.69) is 35.4 Å². The summed E-state index contributed by atoms with van der Waals surface area (Å²) in [5, 5.41) is 7.84. The Morgan fingerprint density at radius 2 is 2.16 bits per heavy atom. The highest BCUT2D eigenvalue weighted by molar-refractivity contribution is 5.43. The molecule has 2 aromatic heterocycles. The third-order valence-corrected chi connectivity index (χ3v) is 2.91. The molecule has 0 aliphatic heterocycles. The Morgan fingerprint density at radius 3 is 2.74 bits per heavy atom. The Labute approximate surface area is 113 Å². The van der Waals surface area contributed by atoms with Gasteiger partial charge in [0.05, 0.1) is 24.7 Å². The van der Waals surface area contributed by atoms with Gasteiger partial charge in [0.25, 0.3) is 0 Å². The molecule has 0 bridgehead atoms. The second-order valence-corrected chi connectivity index (χ2v) is 4.81. The first-order valence-electron chi connectivity index (χ1n) is 6.36. The summed E-state index contributed by atoms with van der Waals surface area (Å²) in [5.74, 6) is 1.04. The zero-order chi connectivity index (χ0) is 13.8. The van der Waals surface area contributed by atoms with Crippen LogP contribution >= 0.6 is 0 Å². The monoisotopic (exact) mass is 260 g/mol. The van der Waals surface area contributed by atoms with E-state index in [-0.39, 0.29) is 0 Å². The Hall–Kier alpha value is -2.04. The van der Waals surface area contributed by atoms with Crippen molar-refractivity contribution in [1.29, 1.82) is 0 Å². The van der Waals surface area contributed by atoms with Gasteiger partial charge in [0.2, 0.25) is 5.88 Å². The molecule has 2 rings (SSSR count). The zero-order valence-electron chi connectivity index (χ0n) is 11.8. The summed E-state index contributed by atoms with van der Waals surface area (Å²) >= 11 is 0. The van der Waals surface area contributed by atoms with Crippen molar-refractivity contribution in [2.45, 2.75) is 26.3 Å². The number of aromatic nitrogens is 3. The topological polar surface area (TPSA) is 52.0 Å². The predicted molar refractivity (Wildman–Crippen MR) is 75.4 cm³/mol. The molecule has 0 fully saturated rings. The Kier molecular flexibility index (Phi) is 4.04. The van der Waals surface area contributed by atoms with E-state index in [1.165, 1.54) is 5.56 Å². The summed E-state index contributed by atoms with van der Waals surface area (Å²) < 4.78 is 6.89. The first-order chi connectivity index (χ1) is 9.10. The van der Waals surface area contributed by atoms with Crippen molar-refractivity contribution < 1.29 is 4.74 Å². The molecule has 0 aliphatic rings. The minimum absolute atomic E-state index is 0.423. The number of nitrogens with zero attached hydrogens (tertiary/aromatic N) is 3. The van der Waals surface area contributed by atoms with E-state index < -0.39 is 0 Å². The van der Waals surface area contributed by atoms with Gasteiger partial charge in [-0.3, -0.25) is 4.68 Å². The van der Waals surface area contributed by atoms with Crippen LogP contribution in [0.4, 0.5) is 5.69 Å². The maximum absolute atomic E-state index is 5.03. The van der Waals surface area contributed by atoms with E-state index >= 15 is 0 Å². The number of methoxy groups -OCH3 is 1. The lowest BCUT2D eigenvalue weighted by Gasteiger charge is -2.08. The molecule has 0 amide bonds. The summed E-state index contributed by atoms with van der Waals surface area (Å²) in [6, 6.07) is 3.80. The van der Waals surface area contributed by atoms with Crippen LogP contribution in [0, 0.1) is 0 Å². The van der Waals surface area contributed by atoms with Gasteiger partial charge in [-0.05, 0) is 12.0 Å². The maximum atomic E-state index is 5.03. The van der Waals surface area contributed by atoms with Crippen LogP contribution in [0.1, 0.15) is 31.0 Å². The molecule has 5 nitrogen and oxygen atoms in total. The van der Waals surface area contributed by atoms with Crippen molar-refractivity contribution in [1.82, 2.24) is 14.8 Å². The Balaban J connectivity index is 2.05. The van der Waals surface area contributed by atoms with E-state index in [1.54, 1.807) is 13.3 Å². The van der Waals surface area contributed by atoms with Crippen LogP contribution in [0.5, 0.6) is 5.88 Å². The summed E-state index contributed by atoms with van der Waals surface area (Å²) in [6.45, 7) is 5.05. The molecule has 2 heterocycles. The minimum atomic E-state index is 0.423. The van der Waals surface area contributed by atoms with Crippen molar-refractivity contribution >= 4 is 5.69 Å². The first-order valence-corrected chi connectivity index (χ1v) is 6.36. The average molecular weight is 260 g/mol. The second-order valence-electron chi connectivity index (χ2n) is 4.81. The molecule has 0 spiro atoms. The number of rotatable bonds is 5. The van der Waals surface area contributed by atoms with Crippen LogP contribution in [0.25, 0.3) is 0 Å². The molecule has 5 heteroatoms. The smallest absolute Gasteiger partial charge is 0.213 e. The molecule has 2 aromatic rings. The van der Waals surface area contributed by atoms with Crippen molar-refractivity contribution in [2.24, 2.45) is 7.05 Å². The molecule has 0 saturated carbocycles. The van der Waals surface area contributed by atoms with Gasteiger partial charge in [0.15, 0.2) is 0 Å². The third-order valence-electron chi connectivity index (χ3n) is 2.91. The number of ether oxygens (including phenoxy) is 1. The van der Waals surface area contributed by atoms with E-state index in [4.69, 9.17) is 4.74 Å². The number of hydrogen-bond acceptors (Lipinski definition) is 4. The fourth-order valence-electron chi connectivity index (χ4n) is 1.98. The minimum Gasteiger partial charge on any atom is -0.481 e. The highest BCUT2D eigenvalue weighted by Gasteiger charge is 2.10. The van der Waals surface area contributed by atoms with Crippen LogP contribution in [0.15, 0.2) is 24.5 Å². The molecular formula is C14H20N4O. The number of nitrogens with one attached hydrogen (secondary N) is 1. The fraction of sp³-hybridized carbons (Fsp3) is 0.429. The SMILES string of the molecule is COc1ccc(NCc2cn(C)nc2C(C)C)cn1. The van der Waals surface area contributed by atoms with Crippen LogP contribution in [-0.2, 0) is 13.6 Å². The number of hydrogen-bond donors (Lipinski definition) is 1. The van der Waals surface area contributed by atoms with Crippen molar-refractivity contribution in [3.05, 3.63) is 35.8 Å². The van der Waals surface area contributed by atoms with Gasteiger partial charge in [-0.15, -0.1) is 0 Å². The zero-order valence-corrected chi connectivity index (χ0v) is 11.8. The van der Waals surface area contributed by atoms with Crippen molar-refractivity contribution in [2.75, 3.05) is 12.4 Å². The molecule has 0 atom stereocenters. The highest BCUT2D eigenvalue weighted by atomic mass is 16.5. The third kappa shape index (κ3) is 3.24. The van der Waals surface area contributed by atoms with Gasteiger partial charge < -0.3 is 10.1 Å². The molecule has 0 aliphatic carbocycles. The fourth-order valence-corrected chi connectivity index (χ4v) is 1.98. The summed E-state index contributed by atoms with van der Waals surface area (Å²) in [6.07, 6.45) is 3.82. The molecule has 0 unspecified atom stereocenters. The van der Waals surface area contributed by atoms with Crippen molar-refractivity contribution in [3.63, 3.8) is 0 Å². The number of anilines is 1. The van der Waals surface area contributed by atoms with Gasteiger partial charge in [-0.2, -0.15) is 5.10 Å². The van der Waals surface area contributed by atoms with Crippen LogP contribution in [0.2, 0.25) is 0 Å². The quantitative estimate of drug-likeness (QED) is 0.897. The van der Waals surface area contributed by atoms with E-state index in [1.807, 2.05) is 23.9 Å². The second kappa shape index (κ2) is 5.73. The van der Waals surface area contributed by atoms with Gasteiger partial charge in [-0.25, -0.2) is 4.98 Å². The Bertz CT molecular complexity index is 531. The lowest BCUT2D eigenvalue weighted by molar-refractivity contribution is 0.398. The van der Waals surface area contributed by atoms with Gasteiger partial charge in [0.1, 0.15) is 0 Å². The van der Waals surface area contributed by atoms with Crippen LogP contribution < -0.4 is 10.1 Å². The normalized spacial score (nSPS) is 10.8. The summed E-state index contributed by atoms with van der Waals surface area (Å²) in [7, 11) is 3.56. The van der Waals surface area contributed by atoms with Crippen molar-refractivity contribution in [3.8, 4) is 5.88 Å². The van der Waals surface area contributed by atoms with Gasteiger partial charge in [0, 0.05) is 31.4 Å². The molecule has 0 aromatic carbocycles. The molecular weight excluding hydrogens is 240 g/mol. The van der Waals surface area contributed by atoms with E-state index in [0.29, 0.717) is 11.8 Å². The molecule has 102 valence electrons. The molecule has 0 saturated heterocycles. The lowest BCUT2D eigenvalue weighted by Crippen LogP contribution is -2.03. The number of pyridine rings is 1. The Morgan fingerprint density at radius 1 is 1.37 bits per heavy atom.